The minimum absolute atomic E-state index is 0.248. The molecule has 4 heterocycles. The van der Waals surface area contributed by atoms with E-state index in [1.165, 1.54) is 21.5 Å². The maximum atomic E-state index is 9.04. The summed E-state index contributed by atoms with van der Waals surface area (Å²) in [6.07, 6.45) is 6.82. The van der Waals surface area contributed by atoms with Crippen LogP contribution in [0, 0.1) is 0 Å². The first kappa shape index (κ1) is 38.3. The van der Waals surface area contributed by atoms with Crippen molar-refractivity contribution in [3.8, 4) is 22.5 Å². The van der Waals surface area contributed by atoms with Gasteiger partial charge < -0.3 is 29.6 Å². The Kier molecular flexibility index (Phi) is 12.6. The van der Waals surface area contributed by atoms with E-state index in [-0.39, 0.29) is 6.61 Å². The third-order valence-electron chi connectivity index (χ3n) is 11.1. The van der Waals surface area contributed by atoms with Gasteiger partial charge in [-0.15, -0.1) is 0 Å². The molecule has 0 spiro atoms. The topological polar surface area (TPSA) is 88.0 Å². The highest BCUT2D eigenvalue weighted by Gasteiger charge is 2.28. The van der Waals surface area contributed by atoms with Crippen molar-refractivity contribution in [3.05, 3.63) is 109 Å². The lowest BCUT2D eigenvalue weighted by Crippen LogP contribution is -2.38. The highest BCUT2D eigenvalue weighted by molar-refractivity contribution is 5.87. The van der Waals surface area contributed by atoms with E-state index in [4.69, 9.17) is 15.1 Å². The predicted molar refractivity (Wildman–Crippen MR) is 227 cm³/mol. The molecule has 0 aliphatic carbocycles. The lowest BCUT2D eigenvalue weighted by atomic mass is 10.1. The van der Waals surface area contributed by atoms with Gasteiger partial charge in [-0.05, 0) is 93.3 Å². The van der Waals surface area contributed by atoms with Crippen molar-refractivity contribution in [3.63, 3.8) is 0 Å². The van der Waals surface area contributed by atoms with Gasteiger partial charge in [-0.3, -0.25) is 0 Å². The highest BCUT2D eigenvalue weighted by atomic mass is 16.3. The van der Waals surface area contributed by atoms with Crippen molar-refractivity contribution in [1.82, 2.24) is 34.6 Å². The molecule has 1 N–H and O–H groups in total. The minimum Gasteiger partial charge on any atom is -0.396 e. The van der Waals surface area contributed by atoms with E-state index in [0.29, 0.717) is 12.1 Å². The zero-order valence-electron chi connectivity index (χ0n) is 32.8. The summed E-state index contributed by atoms with van der Waals surface area (Å²) in [6, 6.07) is 34.9. The quantitative estimate of drug-likeness (QED) is 0.149. The fourth-order valence-electron chi connectivity index (χ4n) is 7.63. The molecule has 2 aliphatic heterocycles. The Hall–Kier alpha value is -5.00. The lowest BCUT2D eigenvalue weighted by molar-refractivity contribution is 0.216. The molecule has 0 saturated carbocycles. The van der Waals surface area contributed by atoms with Crippen molar-refractivity contribution >= 4 is 33.4 Å². The monoisotopic (exact) mass is 737 g/mol. The minimum atomic E-state index is 0.248. The van der Waals surface area contributed by atoms with Gasteiger partial charge in [0.15, 0.2) is 0 Å². The lowest BCUT2D eigenvalue weighted by Gasteiger charge is -2.26. The standard InChI is InChI=1S/C23H29N5.C22H26N4O/c1-26(2)14-15-27(3)21-11-13-28(17-21)23-24-12-10-22(25-23)20-9-8-18-6-4-5-7-19(18)16-20;1-25(12-4-14-27)20-10-13-26(16-20)22-23-11-9-21(24-22)19-8-7-17-5-2-3-6-18(17)15-19/h4-10,12,16,21H,11,13-15,17H2,1-3H3;2-3,5-9,11,15,20,27H,4,10,12-14,16H2,1H3/t21-;20-/m00/s1. The van der Waals surface area contributed by atoms with Gasteiger partial charge in [0.25, 0.3) is 0 Å². The molecule has 0 unspecified atom stereocenters. The SMILES string of the molecule is CN(C)CCN(C)[C@H]1CCN(c2nccc(-c3ccc4ccccc4c3)n2)C1.CN(CCCO)[C@H]1CCN(c2nccc(-c3ccc4ccccc4c3)n2)C1. The average Bonchev–Trinajstić information content (AvgIpc) is 3.94. The maximum absolute atomic E-state index is 9.04. The van der Waals surface area contributed by atoms with E-state index in [1.54, 1.807) is 0 Å². The van der Waals surface area contributed by atoms with Crippen LogP contribution in [0.5, 0.6) is 0 Å². The molecular weight excluding hydrogens is 683 g/mol. The molecule has 8 rings (SSSR count). The molecule has 6 aromatic rings. The zero-order valence-corrected chi connectivity index (χ0v) is 32.8. The summed E-state index contributed by atoms with van der Waals surface area (Å²) in [4.78, 5) is 30.4. The molecule has 0 bridgehead atoms. The molecule has 0 radical (unpaired) electrons. The summed E-state index contributed by atoms with van der Waals surface area (Å²) in [5.41, 5.74) is 4.21. The van der Waals surface area contributed by atoms with Gasteiger partial charge in [-0.25, -0.2) is 19.9 Å². The zero-order chi connectivity index (χ0) is 38.1. The maximum Gasteiger partial charge on any atom is 0.225 e. The van der Waals surface area contributed by atoms with Gasteiger partial charge in [0.2, 0.25) is 11.9 Å². The highest BCUT2D eigenvalue weighted by Crippen LogP contribution is 2.27. The molecule has 2 fully saturated rings. The number of hydrogen-bond acceptors (Lipinski definition) is 10. The molecule has 2 aliphatic rings. The van der Waals surface area contributed by atoms with Gasteiger partial charge >= 0.3 is 0 Å². The van der Waals surface area contributed by atoms with E-state index >= 15 is 0 Å². The summed E-state index contributed by atoms with van der Waals surface area (Å²) < 4.78 is 0. The average molecular weight is 738 g/mol. The van der Waals surface area contributed by atoms with Crippen LogP contribution in [0.2, 0.25) is 0 Å². The molecule has 10 heteroatoms. The van der Waals surface area contributed by atoms with Crippen LogP contribution >= 0.6 is 0 Å². The van der Waals surface area contributed by atoms with E-state index in [2.05, 4.69) is 148 Å². The molecule has 55 heavy (non-hydrogen) atoms. The van der Waals surface area contributed by atoms with Gasteiger partial charge in [0.05, 0.1) is 11.4 Å². The Bertz CT molecular complexity index is 2160. The van der Waals surface area contributed by atoms with Crippen LogP contribution in [0.25, 0.3) is 44.1 Å². The van der Waals surface area contributed by atoms with Crippen LogP contribution in [-0.4, -0.2) is 132 Å². The number of rotatable bonds is 12. The number of aliphatic hydroxyl groups is 1. The molecular formula is C45H55N9O. The van der Waals surface area contributed by atoms with Gasteiger partial charge in [-0.1, -0.05) is 72.8 Å². The van der Waals surface area contributed by atoms with Crippen molar-refractivity contribution in [2.75, 3.05) is 90.4 Å². The second kappa shape index (κ2) is 18.1. The molecule has 286 valence electrons. The first-order valence-corrected chi connectivity index (χ1v) is 19.6. The number of hydrogen-bond donors (Lipinski definition) is 1. The van der Waals surface area contributed by atoms with E-state index in [9.17, 15) is 0 Å². The van der Waals surface area contributed by atoms with Gasteiger partial charge in [-0.2, -0.15) is 0 Å². The van der Waals surface area contributed by atoms with Crippen LogP contribution in [0.3, 0.4) is 0 Å². The van der Waals surface area contributed by atoms with Gasteiger partial charge in [0, 0.05) is 88.0 Å². The number of fused-ring (bicyclic) bond motifs is 2. The molecule has 2 atom stereocenters. The molecule has 2 aromatic heterocycles. The smallest absolute Gasteiger partial charge is 0.225 e. The number of benzene rings is 4. The van der Waals surface area contributed by atoms with Crippen LogP contribution in [0.15, 0.2) is 109 Å². The van der Waals surface area contributed by atoms with Crippen LogP contribution in [0.1, 0.15) is 19.3 Å². The van der Waals surface area contributed by atoms with E-state index in [1.807, 2.05) is 24.5 Å². The predicted octanol–water partition coefficient (Wildman–Crippen LogP) is 6.56. The van der Waals surface area contributed by atoms with Crippen LogP contribution < -0.4 is 9.80 Å². The second-order valence-electron chi connectivity index (χ2n) is 15.2. The normalized spacial score (nSPS) is 17.2. The molecule has 4 aromatic carbocycles. The largest absolute Gasteiger partial charge is 0.396 e. The van der Waals surface area contributed by atoms with Crippen molar-refractivity contribution in [2.24, 2.45) is 0 Å². The number of likely N-dealkylation sites (N-methyl/N-ethyl adjacent to an activating group) is 3. The van der Waals surface area contributed by atoms with Crippen molar-refractivity contribution in [2.45, 2.75) is 31.3 Å². The molecule has 10 nitrogen and oxygen atoms in total. The third-order valence-corrected chi connectivity index (χ3v) is 11.1. The van der Waals surface area contributed by atoms with E-state index in [0.717, 1.165) is 99.5 Å². The summed E-state index contributed by atoms with van der Waals surface area (Å²) in [5.74, 6) is 1.65. The fraction of sp³-hybridized carbons (Fsp3) is 0.378. The third kappa shape index (κ3) is 9.63. The summed E-state index contributed by atoms with van der Waals surface area (Å²) in [5, 5.41) is 14.0. The fourth-order valence-corrected chi connectivity index (χ4v) is 7.63. The number of aromatic nitrogens is 4. The van der Waals surface area contributed by atoms with Crippen molar-refractivity contribution < 1.29 is 5.11 Å². The summed E-state index contributed by atoms with van der Waals surface area (Å²) in [6.45, 7) is 7.25. The van der Waals surface area contributed by atoms with Crippen LogP contribution in [0.4, 0.5) is 11.9 Å². The van der Waals surface area contributed by atoms with Crippen molar-refractivity contribution in [1.29, 1.82) is 0 Å². The Morgan fingerprint density at radius 1 is 0.582 bits per heavy atom. The Labute approximate surface area is 326 Å². The van der Waals surface area contributed by atoms with Gasteiger partial charge in [0.1, 0.15) is 0 Å². The molecule has 0 amide bonds. The number of aliphatic hydroxyl groups excluding tert-OH is 1. The first-order chi connectivity index (χ1) is 26.8. The summed E-state index contributed by atoms with van der Waals surface area (Å²) in [7, 11) is 8.61. The Balaban J connectivity index is 0.000000169. The Morgan fingerprint density at radius 2 is 1.05 bits per heavy atom. The molecule has 2 saturated heterocycles. The number of anilines is 2. The van der Waals surface area contributed by atoms with E-state index < -0.39 is 0 Å². The second-order valence-corrected chi connectivity index (χ2v) is 15.2. The first-order valence-electron chi connectivity index (χ1n) is 19.6. The number of nitrogens with zero attached hydrogens (tertiary/aromatic N) is 9. The Morgan fingerprint density at radius 3 is 1.53 bits per heavy atom. The summed E-state index contributed by atoms with van der Waals surface area (Å²) >= 11 is 0. The van der Waals surface area contributed by atoms with Crippen LogP contribution in [-0.2, 0) is 0 Å².